The largest absolute Gasteiger partial charge is 0.462 e. The smallest absolute Gasteiger partial charge is 0.340 e. The van der Waals surface area contributed by atoms with Crippen LogP contribution in [-0.2, 0) is 4.74 Å². The van der Waals surface area contributed by atoms with Crippen molar-refractivity contribution in [1.82, 2.24) is 0 Å². The first kappa shape index (κ1) is 13.7. The van der Waals surface area contributed by atoms with Gasteiger partial charge in [0.15, 0.2) is 0 Å². The van der Waals surface area contributed by atoms with E-state index in [0.29, 0.717) is 23.9 Å². The molecule has 1 saturated heterocycles. The van der Waals surface area contributed by atoms with Crippen molar-refractivity contribution in [3.05, 3.63) is 23.8 Å². The lowest BCUT2D eigenvalue weighted by atomic mass is 10.1. The number of carbonyl (C=O) groups excluding carboxylic acids is 1. The van der Waals surface area contributed by atoms with E-state index in [0.717, 1.165) is 18.7 Å². The summed E-state index contributed by atoms with van der Waals surface area (Å²) >= 11 is 0. The predicted molar refractivity (Wildman–Crippen MR) is 77.5 cm³/mol. The Balaban J connectivity index is 2.27. The van der Waals surface area contributed by atoms with Crippen LogP contribution < -0.4 is 10.6 Å². The fourth-order valence-electron chi connectivity index (χ4n) is 2.71. The second-order valence-corrected chi connectivity index (χ2v) is 4.89. The van der Waals surface area contributed by atoms with E-state index >= 15 is 0 Å². The summed E-state index contributed by atoms with van der Waals surface area (Å²) < 4.78 is 5.04. The molecule has 2 N–H and O–H groups in total. The number of ether oxygens (including phenoxy) is 1. The van der Waals surface area contributed by atoms with E-state index in [-0.39, 0.29) is 5.97 Å². The summed E-state index contributed by atoms with van der Waals surface area (Å²) in [5, 5.41) is 0. The number of nitrogens with two attached hydrogens (primary N) is 1. The van der Waals surface area contributed by atoms with E-state index in [1.54, 1.807) is 13.0 Å². The van der Waals surface area contributed by atoms with Crippen molar-refractivity contribution >= 4 is 17.3 Å². The number of hydrogen-bond acceptors (Lipinski definition) is 4. The highest BCUT2D eigenvalue weighted by Gasteiger charge is 2.24. The van der Waals surface area contributed by atoms with Crippen LogP contribution in [0, 0.1) is 0 Å². The molecule has 0 aromatic heterocycles. The van der Waals surface area contributed by atoms with Gasteiger partial charge in [0.1, 0.15) is 0 Å². The molecule has 1 aromatic carbocycles. The molecule has 1 fully saturated rings. The summed E-state index contributed by atoms with van der Waals surface area (Å²) in [6, 6.07) is 6.22. The Morgan fingerprint density at radius 1 is 1.47 bits per heavy atom. The number of carbonyl (C=O) groups is 1. The highest BCUT2D eigenvalue weighted by atomic mass is 16.5. The molecule has 0 saturated carbocycles. The Labute approximate surface area is 114 Å². The maximum absolute atomic E-state index is 11.9. The van der Waals surface area contributed by atoms with Gasteiger partial charge < -0.3 is 15.4 Å². The Morgan fingerprint density at radius 3 is 2.95 bits per heavy atom. The molecule has 0 radical (unpaired) electrons. The second kappa shape index (κ2) is 5.95. The predicted octanol–water partition coefficient (Wildman–Crippen LogP) is 2.82. The molecular formula is C15H22N2O2. The Kier molecular flexibility index (Phi) is 4.30. The van der Waals surface area contributed by atoms with Gasteiger partial charge in [0.25, 0.3) is 0 Å². The first-order valence-corrected chi connectivity index (χ1v) is 7.00. The lowest BCUT2D eigenvalue weighted by Crippen LogP contribution is -2.28. The van der Waals surface area contributed by atoms with Crippen molar-refractivity contribution in [2.45, 2.75) is 39.2 Å². The topological polar surface area (TPSA) is 55.6 Å². The summed E-state index contributed by atoms with van der Waals surface area (Å²) in [5.74, 6) is -0.339. The van der Waals surface area contributed by atoms with E-state index in [1.165, 1.54) is 12.8 Å². The lowest BCUT2D eigenvalue weighted by Gasteiger charge is -2.26. The van der Waals surface area contributed by atoms with Crippen molar-refractivity contribution in [3.63, 3.8) is 0 Å². The van der Waals surface area contributed by atoms with Gasteiger partial charge in [0.2, 0.25) is 0 Å². The molecule has 1 aromatic rings. The average molecular weight is 262 g/mol. The van der Waals surface area contributed by atoms with E-state index in [2.05, 4.69) is 11.8 Å². The monoisotopic (exact) mass is 262 g/mol. The van der Waals surface area contributed by atoms with Crippen LogP contribution in [0.2, 0.25) is 0 Å². The number of hydrogen-bond donors (Lipinski definition) is 1. The van der Waals surface area contributed by atoms with Gasteiger partial charge in [-0.3, -0.25) is 0 Å². The van der Waals surface area contributed by atoms with Crippen molar-refractivity contribution in [3.8, 4) is 0 Å². The van der Waals surface area contributed by atoms with Crippen LogP contribution in [0.4, 0.5) is 11.4 Å². The Bertz CT molecular complexity index is 459. The van der Waals surface area contributed by atoms with Gasteiger partial charge in [-0.2, -0.15) is 0 Å². The molecule has 1 aliphatic rings. The summed E-state index contributed by atoms with van der Waals surface area (Å²) in [6.07, 6.45) is 3.55. The van der Waals surface area contributed by atoms with Gasteiger partial charge in [-0.15, -0.1) is 0 Å². The Hall–Kier alpha value is -1.71. The summed E-state index contributed by atoms with van der Waals surface area (Å²) in [7, 11) is 0. The highest BCUT2D eigenvalue weighted by molar-refractivity contribution is 5.96. The zero-order chi connectivity index (χ0) is 13.8. The second-order valence-electron chi connectivity index (χ2n) is 4.89. The van der Waals surface area contributed by atoms with E-state index in [9.17, 15) is 4.79 Å². The van der Waals surface area contributed by atoms with Crippen LogP contribution in [0.25, 0.3) is 0 Å². The van der Waals surface area contributed by atoms with E-state index < -0.39 is 0 Å². The van der Waals surface area contributed by atoms with Gasteiger partial charge in [0, 0.05) is 24.0 Å². The number of rotatable bonds is 4. The minimum Gasteiger partial charge on any atom is -0.462 e. The fraction of sp³-hybridized carbons (Fsp3) is 0.533. The first-order chi connectivity index (χ1) is 9.17. The lowest BCUT2D eigenvalue weighted by molar-refractivity contribution is 0.0527. The van der Waals surface area contributed by atoms with E-state index in [1.807, 2.05) is 12.1 Å². The fourth-order valence-corrected chi connectivity index (χ4v) is 2.71. The summed E-state index contributed by atoms with van der Waals surface area (Å²) in [5.41, 5.74) is 7.89. The Morgan fingerprint density at radius 2 is 2.26 bits per heavy atom. The van der Waals surface area contributed by atoms with Crippen molar-refractivity contribution in [2.75, 3.05) is 23.8 Å². The summed E-state index contributed by atoms with van der Waals surface area (Å²) in [4.78, 5) is 14.2. The summed E-state index contributed by atoms with van der Waals surface area (Å²) in [6.45, 7) is 5.41. The normalized spacial score (nSPS) is 18.6. The molecule has 4 nitrogen and oxygen atoms in total. The number of nitrogens with zero attached hydrogens (tertiary/aromatic N) is 1. The van der Waals surface area contributed by atoms with Crippen LogP contribution in [0.3, 0.4) is 0 Å². The SMILES string of the molecule is CCOC(=O)c1cc(N2CCCC2CC)ccc1N. The van der Waals surface area contributed by atoms with Crippen LogP contribution in [0.15, 0.2) is 18.2 Å². The molecule has 0 bridgehead atoms. The molecule has 19 heavy (non-hydrogen) atoms. The standard InChI is InChI=1S/C15H22N2O2/c1-3-11-6-5-9-17(11)12-7-8-14(16)13(10-12)15(18)19-4-2/h7-8,10-11H,3-6,9,16H2,1-2H3. The molecule has 0 spiro atoms. The van der Waals surface area contributed by atoms with Crippen LogP contribution in [0.1, 0.15) is 43.5 Å². The van der Waals surface area contributed by atoms with Gasteiger partial charge in [-0.25, -0.2) is 4.79 Å². The van der Waals surface area contributed by atoms with Crippen LogP contribution in [-0.4, -0.2) is 25.2 Å². The number of benzene rings is 1. The molecule has 1 atom stereocenters. The molecule has 0 amide bonds. The zero-order valence-electron chi connectivity index (χ0n) is 11.7. The highest BCUT2D eigenvalue weighted by Crippen LogP contribution is 2.29. The van der Waals surface area contributed by atoms with Gasteiger partial charge in [-0.05, 0) is 44.4 Å². The van der Waals surface area contributed by atoms with Gasteiger partial charge in [0.05, 0.1) is 12.2 Å². The molecular weight excluding hydrogens is 240 g/mol. The first-order valence-electron chi connectivity index (χ1n) is 7.00. The molecule has 1 unspecified atom stereocenters. The van der Waals surface area contributed by atoms with Crippen molar-refractivity contribution in [2.24, 2.45) is 0 Å². The molecule has 104 valence electrons. The third-order valence-corrected chi connectivity index (χ3v) is 3.71. The molecule has 2 rings (SSSR count). The maximum Gasteiger partial charge on any atom is 0.340 e. The third kappa shape index (κ3) is 2.83. The zero-order valence-corrected chi connectivity index (χ0v) is 11.7. The van der Waals surface area contributed by atoms with Gasteiger partial charge >= 0.3 is 5.97 Å². The molecule has 1 aliphatic heterocycles. The minimum atomic E-state index is -0.339. The average Bonchev–Trinajstić information content (AvgIpc) is 2.88. The van der Waals surface area contributed by atoms with Crippen LogP contribution in [0.5, 0.6) is 0 Å². The third-order valence-electron chi connectivity index (χ3n) is 3.71. The molecule has 0 aliphatic carbocycles. The number of nitrogen functional groups attached to an aromatic ring is 1. The number of anilines is 2. The molecule has 1 heterocycles. The van der Waals surface area contributed by atoms with Crippen LogP contribution >= 0.6 is 0 Å². The van der Waals surface area contributed by atoms with Crippen molar-refractivity contribution < 1.29 is 9.53 Å². The maximum atomic E-state index is 11.9. The van der Waals surface area contributed by atoms with Crippen molar-refractivity contribution in [1.29, 1.82) is 0 Å². The van der Waals surface area contributed by atoms with Gasteiger partial charge in [-0.1, -0.05) is 6.92 Å². The quantitative estimate of drug-likeness (QED) is 0.669. The number of esters is 1. The minimum absolute atomic E-state index is 0.339. The molecule has 4 heteroatoms. The van der Waals surface area contributed by atoms with E-state index in [4.69, 9.17) is 10.5 Å².